The van der Waals surface area contributed by atoms with Gasteiger partial charge in [0.05, 0.1) is 18.6 Å². The van der Waals surface area contributed by atoms with E-state index in [-0.39, 0.29) is 27.6 Å². The monoisotopic (exact) mass is 393 g/mol. The molecule has 0 aliphatic heterocycles. The van der Waals surface area contributed by atoms with Crippen molar-refractivity contribution in [2.75, 3.05) is 13.7 Å². The molecule has 0 radical (unpaired) electrons. The van der Waals surface area contributed by atoms with Gasteiger partial charge in [0.25, 0.3) is 0 Å². The Bertz CT molecular complexity index is 693. The first-order valence-corrected chi connectivity index (χ1v) is 7.86. The van der Waals surface area contributed by atoms with Crippen LogP contribution in [0.1, 0.15) is 6.42 Å². The maximum absolute atomic E-state index is 13.3. The van der Waals surface area contributed by atoms with E-state index in [1.54, 1.807) is 12.5 Å². The minimum atomic E-state index is -3.66. The standard InChI is InChI=1S/C13H16FN3O3S.BrH/c1-20-13-9-11(3-4-12(13)14)21(18,19)16-5-2-7-17-8-6-15-10-17;/h3-4,6,8-10,16H,2,5,7H2,1H3;1H. The molecule has 1 heterocycles. The van der Waals surface area contributed by atoms with E-state index in [0.717, 1.165) is 6.07 Å². The van der Waals surface area contributed by atoms with Gasteiger partial charge in [-0.15, -0.1) is 0 Å². The third-order valence-electron chi connectivity index (χ3n) is 2.92. The predicted molar refractivity (Wildman–Crippen MR) is 73.7 cm³/mol. The molecule has 22 heavy (non-hydrogen) atoms. The summed E-state index contributed by atoms with van der Waals surface area (Å²) in [6.07, 6.45) is 6.08. The Labute approximate surface area is 139 Å². The molecule has 1 aromatic carbocycles. The molecule has 0 saturated carbocycles. The highest BCUT2D eigenvalue weighted by atomic mass is 79.9. The van der Waals surface area contributed by atoms with Crippen molar-refractivity contribution >= 4 is 10.0 Å². The highest BCUT2D eigenvalue weighted by molar-refractivity contribution is 7.89. The van der Waals surface area contributed by atoms with E-state index >= 15 is 0 Å². The number of ether oxygens (including phenoxy) is 1. The number of hydrogen-bond acceptors (Lipinski definition) is 3. The number of aromatic nitrogens is 2. The lowest BCUT2D eigenvalue weighted by Gasteiger charge is -2.08. The number of aromatic amines is 1. The number of halogens is 2. The second-order valence-corrected chi connectivity index (χ2v) is 6.16. The summed E-state index contributed by atoms with van der Waals surface area (Å²) < 4.78 is 46.6. The van der Waals surface area contributed by atoms with Gasteiger partial charge in [0, 0.05) is 12.6 Å². The number of nitrogens with one attached hydrogen (secondary N) is 2. The van der Waals surface area contributed by atoms with Gasteiger partial charge in [0.1, 0.15) is 12.4 Å². The number of imidazole rings is 1. The summed E-state index contributed by atoms with van der Waals surface area (Å²) in [7, 11) is -2.38. The fourth-order valence-electron chi connectivity index (χ4n) is 1.82. The fraction of sp³-hybridized carbons (Fsp3) is 0.308. The van der Waals surface area contributed by atoms with Crippen LogP contribution in [-0.4, -0.2) is 27.1 Å². The number of H-pyrrole nitrogens is 1. The van der Waals surface area contributed by atoms with Crippen molar-refractivity contribution < 1.29 is 39.1 Å². The Kier molecular flexibility index (Phi) is 6.98. The molecular formula is C13H17BrFN3O3S. The Balaban J connectivity index is 0.00000242. The maximum atomic E-state index is 13.3. The summed E-state index contributed by atoms with van der Waals surface area (Å²) in [4.78, 5) is 2.89. The van der Waals surface area contributed by atoms with Crippen molar-refractivity contribution in [2.45, 2.75) is 17.9 Å². The Morgan fingerprint density at radius 2 is 2.18 bits per heavy atom. The third kappa shape index (κ3) is 4.79. The van der Waals surface area contributed by atoms with Gasteiger partial charge in [-0.1, -0.05) is 0 Å². The topological polar surface area (TPSA) is 75.1 Å². The first-order chi connectivity index (χ1) is 10.0. The van der Waals surface area contributed by atoms with Crippen LogP contribution in [0.5, 0.6) is 5.75 Å². The number of methoxy groups -OCH3 is 1. The number of aryl methyl sites for hydroxylation is 1. The summed E-state index contributed by atoms with van der Waals surface area (Å²) in [5.74, 6) is -0.693. The summed E-state index contributed by atoms with van der Waals surface area (Å²) in [5.41, 5.74) is 0. The first-order valence-electron chi connectivity index (χ1n) is 6.38. The molecule has 0 fully saturated rings. The maximum Gasteiger partial charge on any atom is 0.241 e. The molecule has 0 bridgehead atoms. The minimum absolute atomic E-state index is 0. The van der Waals surface area contributed by atoms with E-state index < -0.39 is 15.8 Å². The van der Waals surface area contributed by atoms with Crippen LogP contribution in [0.2, 0.25) is 0 Å². The summed E-state index contributed by atoms with van der Waals surface area (Å²) in [6.45, 7) is 0.985. The zero-order valence-electron chi connectivity index (χ0n) is 11.9. The van der Waals surface area contributed by atoms with Crippen LogP contribution < -0.4 is 31.0 Å². The van der Waals surface area contributed by atoms with Crippen LogP contribution in [0.15, 0.2) is 41.8 Å². The van der Waals surface area contributed by atoms with Crippen LogP contribution in [0, 0.1) is 5.82 Å². The zero-order chi connectivity index (χ0) is 15.3. The van der Waals surface area contributed by atoms with Gasteiger partial charge in [-0.05, 0) is 18.6 Å². The van der Waals surface area contributed by atoms with E-state index in [9.17, 15) is 12.8 Å². The number of sulfonamides is 1. The molecule has 0 amide bonds. The molecule has 9 heteroatoms. The predicted octanol–water partition coefficient (Wildman–Crippen LogP) is -2.18. The summed E-state index contributed by atoms with van der Waals surface area (Å²) >= 11 is 0. The average molecular weight is 394 g/mol. The molecule has 2 rings (SSSR count). The Morgan fingerprint density at radius 1 is 1.41 bits per heavy atom. The normalized spacial score (nSPS) is 11.0. The van der Waals surface area contributed by atoms with Crippen LogP contribution in [-0.2, 0) is 16.6 Å². The lowest BCUT2D eigenvalue weighted by molar-refractivity contribution is -0.695. The highest BCUT2D eigenvalue weighted by Gasteiger charge is 2.16. The number of benzene rings is 1. The molecule has 6 nitrogen and oxygen atoms in total. The van der Waals surface area contributed by atoms with Crippen molar-refractivity contribution in [1.29, 1.82) is 0 Å². The van der Waals surface area contributed by atoms with E-state index in [1.165, 1.54) is 19.2 Å². The molecule has 0 atom stereocenters. The largest absolute Gasteiger partial charge is 1.00 e. The number of nitrogens with zero attached hydrogens (tertiary/aromatic N) is 1. The Morgan fingerprint density at radius 3 is 2.82 bits per heavy atom. The van der Waals surface area contributed by atoms with E-state index in [4.69, 9.17) is 4.74 Å². The summed E-state index contributed by atoms with van der Waals surface area (Å²) in [5, 5.41) is 0. The second kappa shape index (κ2) is 8.25. The van der Waals surface area contributed by atoms with Gasteiger partial charge in [-0.3, -0.25) is 4.98 Å². The van der Waals surface area contributed by atoms with Crippen LogP contribution in [0.4, 0.5) is 4.39 Å². The minimum Gasteiger partial charge on any atom is -1.00 e. The number of hydrogen-bond donors (Lipinski definition) is 2. The molecule has 0 spiro atoms. The van der Waals surface area contributed by atoms with Crippen molar-refractivity contribution in [3.63, 3.8) is 0 Å². The molecule has 1 aromatic heterocycles. The van der Waals surface area contributed by atoms with Gasteiger partial charge in [-0.2, -0.15) is 0 Å². The van der Waals surface area contributed by atoms with Crippen LogP contribution >= 0.6 is 0 Å². The second-order valence-electron chi connectivity index (χ2n) is 4.40. The van der Waals surface area contributed by atoms with Crippen LogP contribution in [0.25, 0.3) is 0 Å². The van der Waals surface area contributed by atoms with Crippen LogP contribution in [0.3, 0.4) is 0 Å². The molecule has 0 aliphatic carbocycles. The van der Waals surface area contributed by atoms with Gasteiger partial charge in [0.2, 0.25) is 16.4 Å². The molecule has 0 unspecified atom stereocenters. The zero-order valence-corrected chi connectivity index (χ0v) is 14.3. The molecule has 122 valence electrons. The molecule has 2 aromatic rings. The highest BCUT2D eigenvalue weighted by Crippen LogP contribution is 2.21. The molecule has 0 aliphatic rings. The van der Waals surface area contributed by atoms with Gasteiger partial charge in [0.15, 0.2) is 11.6 Å². The smallest absolute Gasteiger partial charge is 0.241 e. The fourth-order valence-corrected chi connectivity index (χ4v) is 2.91. The van der Waals surface area contributed by atoms with Gasteiger partial charge >= 0.3 is 0 Å². The third-order valence-corrected chi connectivity index (χ3v) is 4.38. The first kappa shape index (κ1) is 18.6. The van der Waals surface area contributed by atoms with E-state index in [2.05, 4.69) is 9.71 Å². The molecule has 0 saturated heterocycles. The summed E-state index contributed by atoms with van der Waals surface area (Å²) in [6, 6.07) is 3.45. The average Bonchev–Trinajstić information content (AvgIpc) is 2.97. The Hall–Kier alpha value is -1.45. The van der Waals surface area contributed by atoms with E-state index in [0.29, 0.717) is 19.5 Å². The van der Waals surface area contributed by atoms with Gasteiger partial charge < -0.3 is 21.7 Å². The van der Waals surface area contributed by atoms with Gasteiger partial charge in [-0.25, -0.2) is 22.1 Å². The van der Waals surface area contributed by atoms with Crippen molar-refractivity contribution in [1.82, 2.24) is 9.71 Å². The lowest BCUT2D eigenvalue weighted by atomic mass is 10.3. The quantitative estimate of drug-likeness (QED) is 0.415. The molecule has 2 N–H and O–H groups in total. The van der Waals surface area contributed by atoms with Crippen molar-refractivity contribution in [2.24, 2.45) is 0 Å². The number of rotatable bonds is 7. The lowest BCUT2D eigenvalue weighted by Crippen LogP contribution is -3.00. The SMILES string of the molecule is COc1cc(S(=O)(=O)NCCC[n+]2cc[nH]c2)ccc1F.[Br-]. The van der Waals surface area contributed by atoms with Crippen molar-refractivity contribution in [3.05, 3.63) is 42.7 Å². The van der Waals surface area contributed by atoms with Crippen molar-refractivity contribution in [3.8, 4) is 5.75 Å². The van der Waals surface area contributed by atoms with E-state index in [1.807, 2.05) is 10.8 Å². The molecular weight excluding hydrogens is 377 g/mol.